The van der Waals surface area contributed by atoms with Gasteiger partial charge in [0.1, 0.15) is 10.7 Å². The average molecular weight is 394 g/mol. The van der Waals surface area contributed by atoms with E-state index in [1.807, 2.05) is 12.3 Å². The molecule has 0 fully saturated rings. The minimum Gasteiger partial charge on any atom is -0.398 e. The Kier molecular flexibility index (Phi) is 4.97. The first-order valence-corrected chi connectivity index (χ1v) is 9.10. The van der Waals surface area contributed by atoms with E-state index < -0.39 is 20.7 Å². The van der Waals surface area contributed by atoms with Crippen molar-refractivity contribution in [1.29, 1.82) is 0 Å². The van der Waals surface area contributed by atoms with Crippen molar-refractivity contribution in [3.8, 4) is 0 Å². The lowest BCUT2D eigenvalue weighted by atomic mass is 10.3. The number of benzene rings is 1. The first-order chi connectivity index (χ1) is 9.79. The molecule has 0 radical (unpaired) electrons. The Labute approximate surface area is 134 Å². The number of sulfonamides is 1. The molecule has 21 heavy (non-hydrogen) atoms. The fraction of sp³-hybridized carbons (Fsp3) is 0.250. The standard InChI is InChI=1S/C12H13BrFN3O2S2/c1-7-6-20-12(17-7)2-3-16-21(18,19)11-5-10(15)8(13)4-9(11)14/h4-6,16H,2-3,15H2,1H3. The first-order valence-electron chi connectivity index (χ1n) is 5.95. The SMILES string of the molecule is Cc1csc(CCNS(=O)(=O)c2cc(N)c(Br)cc2F)n1. The Hall–Kier alpha value is -1.03. The van der Waals surface area contributed by atoms with Crippen LogP contribution in [0.2, 0.25) is 0 Å². The van der Waals surface area contributed by atoms with Gasteiger partial charge >= 0.3 is 0 Å². The van der Waals surface area contributed by atoms with Gasteiger partial charge < -0.3 is 5.73 Å². The van der Waals surface area contributed by atoms with Crippen molar-refractivity contribution in [2.75, 3.05) is 12.3 Å². The monoisotopic (exact) mass is 393 g/mol. The molecule has 114 valence electrons. The molecule has 9 heteroatoms. The van der Waals surface area contributed by atoms with Gasteiger partial charge in [-0.1, -0.05) is 0 Å². The number of aromatic nitrogens is 1. The number of hydrogen-bond acceptors (Lipinski definition) is 5. The second-order valence-electron chi connectivity index (χ2n) is 4.33. The topological polar surface area (TPSA) is 85.1 Å². The minimum atomic E-state index is -3.94. The van der Waals surface area contributed by atoms with Crippen LogP contribution in [0.15, 0.2) is 26.9 Å². The van der Waals surface area contributed by atoms with Gasteiger partial charge in [0.05, 0.1) is 5.01 Å². The summed E-state index contributed by atoms with van der Waals surface area (Å²) in [5, 5.41) is 2.71. The van der Waals surface area contributed by atoms with Gasteiger partial charge in [0.15, 0.2) is 0 Å². The number of aryl methyl sites for hydroxylation is 1. The lowest BCUT2D eigenvalue weighted by molar-refractivity contribution is 0.557. The molecule has 0 bridgehead atoms. The van der Waals surface area contributed by atoms with Gasteiger partial charge in [-0.2, -0.15) is 0 Å². The third-order valence-corrected chi connectivity index (χ3v) is 5.83. The summed E-state index contributed by atoms with van der Waals surface area (Å²) in [5.74, 6) is -0.853. The van der Waals surface area contributed by atoms with Crippen LogP contribution in [-0.2, 0) is 16.4 Å². The second kappa shape index (κ2) is 6.39. The van der Waals surface area contributed by atoms with Gasteiger partial charge in [-0.25, -0.2) is 22.5 Å². The molecule has 0 aliphatic carbocycles. The van der Waals surface area contributed by atoms with Crippen LogP contribution in [-0.4, -0.2) is 19.9 Å². The van der Waals surface area contributed by atoms with E-state index in [0.29, 0.717) is 10.9 Å². The zero-order valence-electron chi connectivity index (χ0n) is 11.1. The van der Waals surface area contributed by atoms with Gasteiger partial charge in [-0.3, -0.25) is 0 Å². The van der Waals surface area contributed by atoms with Gasteiger partial charge in [0, 0.05) is 34.2 Å². The smallest absolute Gasteiger partial charge is 0.243 e. The molecule has 0 aliphatic heterocycles. The Balaban J connectivity index is 2.10. The number of nitrogens with zero attached hydrogens (tertiary/aromatic N) is 1. The van der Waals surface area contributed by atoms with Crippen LogP contribution in [0.3, 0.4) is 0 Å². The van der Waals surface area contributed by atoms with Crippen LogP contribution in [0.1, 0.15) is 10.7 Å². The summed E-state index contributed by atoms with van der Waals surface area (Å²) in [6.45, 7) is 2.01. The Bertz CT molecular complexity index is 762. The summed E-state index contributed by atoms with van der Waals surface area (Å²) in [6, 6.07) is 2.13. The minimum absolute atomic E-state index is 0.144. The number of hydrogen-bond donors (Lipinski definition) is 2. The molecule has 5 nitrogen and oxygen atoms in total. The van der Waals surface area contributed by atoms with E-state index in [1.165, 1.54) is 11.3 Å². The zero-order chi connectivity index (χ0) is 15.6. The molecule has 0 saturated heterocycles. The predicted octanol–water partition coefficient (Wildman–Crippen LogP) is 2.46. The van der Waals surface area contributed by atoms with Crippen LogP contribution >= 0.6 is 27.3 Å². The Morgan fingerprint density at radius 3 is 2.81 bits per heavy atom. The van der Waals surface area contributed by atoms with E-state index in [9.17, 15) is 12.8 Å². The van der Waals surface area contributed by atoms with Gasteiger partial charge in [0.2, 0.25) is 10.0 Å². The van der Waals surface area contributed by atoms with Crippen molar-refractivity contribution in [1.82, 2.24) is 9.71 Å². The van der Waals surface area contributed by atoms with Crippen molar-refractivity contribution < 1.29 is 12.8 Å². The molecule has 2 aromatic rings. The highest BCUT2D eigenvalue weighted by molar-refractivity contribution is 9.10. The number of nitrogen functional groups attached to an aromatic ring is 1. The number of nitrogens with one attached hydrogen (secondary N) is 1. The third kappa shape index (κ3) is 4.00. The summed E-state index contributed by atoms with van der Waals surface area (Å²) in [7, 11) is -3.94. The highest BCUT2D eigenvalue weighted by atomic mass is 79.9. The fourth-order valence-electron chi connectivity index (χ4n) is 1.64. The fourth-order valence-corrected chi connectivity index (χ4v) is 3.85. The highest BCUT2D eigenvalue weighted by Crippen LogP contribution is 2.25. The number of rotatable bonds is 5. The highest BCUT2D eigenvalue weighted by Gasteiger charge is 2.20. The zero-order valence-corrected chi connectivity index (χ0v) is 14.3. The molecule has 2 rings (SSSR count). The second-order valence-corrected chi connectivity index (χ2v) is 7.87. The molecule has 0 aliphatic rings. The van der Waals surface area contributed by atoms with Crippen LogP contribution in [0.4, 0.5) is 10.1 Å². The quantitative estimate of drug-likeness (QED) is 0.763. The first kappa shape index (κ1) is 16.3. The maximum Gasteiger partial charge on any atom is 0.243 e. The van der Waals surface area contributed by atoms with E-state index in [2.05, 4.69) is 25.6 Å². The number of nitrogens with two attached hydrogens (primary N) is 1. The number of halogens is 2. The van der Waals surface area contributed by atoms with Crippen LogP contribution < -0.4 is 10.5 Å². The van der Waals surface area contributed by atoms with E-state index in [1.54, 1.807) is 0 Å². The van der Waals surface area contributed by atoms with E-state index in [-0.39, 0.29) is 12.2 Å². The molecule has 1 aromatic carbocycles. The van der Waals surface area contributed by atoms with E-state index in [0.717, 1.165) is 22.8 Å². The lowest BCUT2D eigenvalue weighted by Crippen LogP contribution is -2.27. The summed E-state index contributed by atoms with van der Waals surface area (Å²) >= 11 is 4.50. The lowest BCUT2D eigenvalue weighted by Gasteiger charge is -2.09. The van der Waals surface area contributed by atoms with Gasteiger partial charge in [0.25, 0.3) is 0 Å². The third-order valence-electron chi connectivity index (χ3n) is 2.64. The van der Waals surface area contributed by atoms with Crippen molar-refractivity contribution >= 4 is 43.0 Å². The Morgan fingerprint density at radius 1 is 1.48 bits per heavy atom. The van der Waals surface area contributed by atoms with Crippen molar-refractivity contribution in [2.24, 2.45) is 0 Å². The number of anilines is 1. The van der Waals surface area contributed by atoms with Crippen molar-refractivity contribution in [3.63, 3.8) is 0 Å². The molecule has 0 saturated carbocycles. The molecule has 0 amide bonds. The van der Waals surface area contributed by atoms with Crippen LogP contribution in [0, 0.1) is 12.7 Å². The number of thiazole rings is 1. The van der Waals surface area contributed by atoms with Crippen molar-refractivity contribution in [3.05, 3.63) is 38.5 Å². The molecule has 0 unspecified atom stereocenters. The summed E-state index contributed by atoms with van der Waals surface area (Å²) in [5.41, 5.74) is 6.65. The van der Waals surface area contributed by atoms with Crippen LogP contribution in [0.5, 0.6) is 0 Å². The maximum absolute atomic E-state index is 13.8. The maximum atomic E-state index is 13.8. The van der Waals surface area contributed by atoms with E-state index >= 15 is 0 Å². The molecular weight excluding hydrogens is 381 g/mol. The molecule has 3 N–H and O–H groups in total. The normalized spacial score (nSPS) is 11.8. The predicted molar refractivity (Wildman–Crippen MR) is 84.3 cm³/mol. The molecule has 0 spiro atoms. The average Bonchev–Trinajstić information content (AvgIpc) is 2.79. The Morgan fingerprint density at radius 2 is 2.19 bits per heavy atom. The van der Waals surface area contributed by atoms with Gasteiger partial charge in [-0.15, -0.1) is 11.3 Å². The molecule has 0 atom stereocenters. The van der Waals surface area contributed by atoms with Gasteiger partial charge in [-0.05, 0) is 35.0 Å². The molecular formula is C12H13BrFN3O2S2. The molecule has 1 aromatic heterocycles. The molecule has 1 heterocycles. The summed E-state index contributed by atoms with van der Waals surface area (Å²) in [4.78, 5) is 3.77. The van der Waals surface area contributed by atoms with Crippen molar-refractivity contribution in [2.45, 2.75) is 18.2 Å². The summed E-state index contributed by atoms with van der Waals surface area (Å²) in [6.07, 6.45) is 0.450. The van der Waals surface area contributed by atoms with E-state index in [4.69, 9.17) is 5.73 Å². The van der Waals surface area contributed by atoms with Crippen LogP contribution in [0.25, 0.3) is 0 Å². The summed E-state index contributed by atoms with van der Waals surface area (Å²) < 4.78 is 40.6. The largest absolute Gasteiger partial charge is 0.398 e.